The van der Waals surface area contributed by atoms with Gasteiger partial charge in [0.1, 0.15) is 5.75 Å². The average molecular weight is 420 g/mol. The first-order chi connectivity index (χ1) is 15.2. The Bertz CT molecular complexity index is 1400. The number of fused-ring (bicyclic) bond motifs is 2. The van der Waals surface area contributed by atoms with E-state index in [4.69, 9.17) is 4.74 Å². The molecule has 5 rings (SSSR count). The molecule has 1 nitrogen and oxygen atoms in total. The zero-order chi connectivity index (χ0) is 21.4. The van der Waals surface area contributed by atoms with Crippen LogP contribution in [-0.2, 0) is 6.16 Å². The first-order valence-electron chi connectivity index (χ1n) is 10.6. The van der Waals surface area contributed by atoms with Crippen molar-refractivity contribution in [2.24, 2.45) is 0 Å². The molecule has 0 aromatic heterocycles. The van der Waals surface area contributed by atoms with Crippen molar-refractivity contribution < 1.29 is 4.74 Å². The van der Waals surface area contributed by atoms with Crippen LogP contribution in [0.5, 0.6) is 5.75 Å². The Morgan fingerprint density at radius 2 is 1.35 bits per heavy atom. The number of benzene rings is 5. The summed E-state index contributed by atoms with van der Waals surface area (Å²) in [5.74, 6) is 0.877. The Morgan fingerprint density at radius 3 is 2.03 bits per heavy atom. The predicted octanol–water partition coefficient (Wildman–Crippen LogP) is 8.02. The smallest absolute Gasteiger partial charge is 0.118 e. The van der Waals surface area contributed by atoms with Crippen molar-refractivity contribution in [3.05, 3.63) is 102 Å². The van der Waals surface area contributed by atoms with Crippen LogP contribution >= 0.6 is 9.24 Å². The molecule has 0 heterocycles. The minimum Gasteiger partial charge on any atom is -0.497 e. The lowest BCUT2D eigenvalue weighted by molar-refractivity contribution is 0.415. The highest BCUT2D eigenvalue weighted by molar-refractivity contribution is 7.15. The van der Waals surface area contributed by atoms with Gasteiger partial charge in [0.2, 0.25) is 0 Å². The minimum atomic E-state index is 0.877. The van der Waals surface area contributed by atoms with Crippen LogP contribution in [-0.4, -0.2) is 7.11 Å². The Balaban J connectivity index is 1.92. The molecule has 1 atom stereocenters. The third-order valence-corrected chi connectivity index (χ3v) is 6.56. The third-order valence-electron chi connectivity index (χ3n) is 6.15. The molecule has 5 aromatic rings. The van der Waals surface area contributed by atoms with E-state index in [0.717, 1.165) is 11.9 Å². The van der Waals surface area contributed by atoms with Crippen LogP contribution in [0.4, 0.5) is 0 Å². The molecule has 2 heteroatoms. The fraction of sp³-hybridized carbons (Fsp3) is 0.103. The van der Waals surface area contributed by atoms with Gasteiger partial charge in [-0.3, -0.25) is 0 Å². The van der Waals surface area contributed by atoms with E-state index in [9.17, 15) is 0 Å². The van der Waals surface area contributed by atoms with E-state index in [1.54, 1.807) is 7.11 Å². The average Bonchev–Trinajstić information content (AvgIpc) is 2.83. The second-order valence-corrected chi connectivity index (χ2v) is 8.32. The summed E-state index contributed by atoms with van der Waals surface area (Å²) in [6, 6.07) is 32.7. The minimum absolute atomic E-state index is 0.877. The summed E-state index contributed by atoms with van der Waals surface area (Å²) in [5.41, 5.74) is 7.82. The van der Waals surface area contributed by atoms with Gasteiger partial charge in [-0.15, -0.1) is 9.24 Å². The molecule has 152 valence electrons. The molecule has 31 heavy (non-hydrogen) atoms. The summed E-state index contributed by atoms with van der Waals surface area (Å²) in [7, 11) is 4.67. The Kier molecular flexibility index (Phi) is 5.22. The summed E-state index contributed by atoms with van der Waals surface area (Å²) in [6.07, 6.45) is 0.879. The summed E-state index contributed by atoms with van der Waals surface area (Å²) in [6.45, 7) is 2.23. The molecule has 0 N–H and O–H groups in total. The normalized spacial score (nSPS) is 11.2. The van der Waals surface area contributed by atoms with Crippen LogP contribution in [0.1, 0.15) is 11.1 Å². The monoisotopic (exact) mass is 420 g/mol. The number of rotatable bonds is 4. The maximum Gasteiger partial charge on any atom is 0.118 e. The first kappa shape index (κ1) is 19.8. The lowest BCUT2D eigenvalue weighted by atomic mass is 9.84. The van der Waals surface area contributed by atoms with E-state index < -0.39 is 0 Å². The van der Waals surface area contributed by atoms with Gasteiger partial charge in [0.15, 0.2) is 0 Å². The number of hydrogen-bond acceptors (Lipinski definition) is 1. The van der Waals surface area contributed by atoms with E-state index in [2.05, 4.69) is 95.0 Å². The zero-order valence-electron chi connectivity index (χ0n) is 17.9. The standard InChI is InChI=1S/C29H25OP/c1-19-11-12-20-7-3-5-9-24(20)28(19)29-25-10-6-4-8-22(25)17-26(27(29)18-31)21-13-15-23(30-2)16-14-21/h3-17H,18,31H2,1-2H3. The van der Waals surface area contributed by atoms with E-state index in [0.29, 0.717) is 0 Å². The lowest BCUT2D eigenvalue weighted by Crippen LogP contribution is -1.97. The van der Waals surface area contributed by atoms with Crippen molar-refractivity contribution in [2.75, 3.05) is 7.11 Å². The molecule has 0 radical (unpaired) electrons. The van der Waals surface area contributed by atoms with Crippen molar-refractivity contribution in [2.45, 2.75) is 13.1 Å². The molecule has 0 amide bonds. The van der Waals surface area contributed by atoms with Crippen molar-refractivity contribution in [3.8, 4) is 28.0 Å². The number of ether oxygens (including phenoxy) is 1. The van der Waals surface area contributed by atoms with Crippen molar-refractivity contribution in [1.29, 1.82) is 0 Å². The molecule has 0 spiro atoms. The summed E-state index contributed by atoms with van der Waals surface area (Å²) in [4.78, 5) is 0. The molecule has 5 aromatic carbocycles. The molecule has 1 unspecified atom stereocenters. The molecule has 0 aliphatic rings. The third kappa shape index (κ3) is 3.40. The van der Waals surface area contributed by atoms with Crippen molar-refractivity contribution in [3.63, 3.8) is 0 Å². The molecular formula is C29H25OP. The largest absolute Gasteiger partial charge is 0.497 e. The Morgan fingerprint density at radius 1 is 0.710 bits per heavy atom. The number of aryl methyl sites for hydroxylation is 1. The molecule has 0 bridgehead atoms. The predicted molar refractivity (Wildman–Crippen MR) is 137 cm³/mol. The highest BCUT2D eigenvalue weighted by Crippen LogP contribution is 2.43. The van der Waals surface area contributed by atoms with Crippen LogP contribution in [0.25, 0.3) is 43.8 Å². The van der Waals surface area contributed by atoms with Crippen molar-refractivity contribution >= 4 is 30.8 Å². The topological polar surface area (TPSA) is 9.23 Å². The summed E-state index contributed by atoms with van der Waals surface area (Å²) >= 11 is 0. The lowest BCUT2D eigenvalue weighted by Gasteiger charge is -2.21. The van der Waals surface area contributed by atoms with E-state index >= 15 is 0 Å². The number of methoxy groups -OCH3 is 1. The first-order valence-corrected chi connectivity index (χ1v) is 11.4. The van der Waals surface area contributed by atoms with Gasteiger partial charge in [-0.2, -0.15) is 0 Å². The summed E-state index contributed by atoms with van der Waals surface area (Å²) < 4.78 is 5.38. The van der Waals surface area contributed by atoms with Gasteiger partial charge in [0.05, 0.1) is 7.11 Å². The SMILES string of the molecule is COc1ccc(-c2cc3ccccc3c(-c3c(C)ccc4ccccc34)c2CP)cc1. The van der Waals surface area contributed by atoms with Gasteiger partial charge < -0.3 is 4.74 Å². The molecular weight excluding hydrogens is 395 g/mol. The van der Waals surface area contributed by atoms with Crippen LogP contribution < -0.4 is 4.74 Å². The maximum atomic E-state index is 5.38. The Labute approximate surface area is 185 Å². The van der Waals surface area contributed by atoms with Crippen LogP contribution in [0, 0.1) is 6.92 Å². The molecule has 0 aliphatic heterocycles. The molecule has 0 fully saturated rings. The fourth-order valence-corrected chi connectivity index (χ4v) is 5.05. The summed E-state index contributed by atoms with van der Waals surface area (Å²) in [5, 5.41) is 5.14. The van der Waals surface area contributed by atoms with Gasteiger partial charge in [0.25, 0.3) is 0 Å². The van der Waals surface area contributed by atoms with Crippen LogP contribution in [0.3, 0.4) is 0 Å². The van der Waals surface area contributed by atoms with E-state index in [-0.39, 0.29) is 0 Å². The number of hydrogen-bond donors (Lipinski definition) is 0. The molecule has 0 saturated heterocycles. The van der Waals surface area contributed by atoms with Crippen LogP contribution in [0.2, 0.25) is 0 Å². The van der Waals surface area contributed by atoms with E-state index in [1.165, 1.54) is 54.9 Å². The Hall–Kier alpha value is -3.15. The quantitative estimate of drug-likeness (QED) is 0.268. The van der Waals surface area contributed by atoms with Gasteiger partial charge >= 0.3 is 0 Å². The van der Waals surface area contributed by atoms with Gasteiger partial charge in [-0.1, -0.05) is 72.8 Å². The second-order valence-electron chi connectivity index (χ2n) is 7.91. The maximum absolute atomic E-state index is 5.38. The highest BCUT2D eigenvalue weighted by Gasteiger charge is 2.18. The second kappa shape index (κ2) is 8.17. The van der Waals surface area contributed by atoms with Gasteiger partial charge in [-0.05, 0) is 86.2 Å². The van der Waals surface area contributed by atoms with Crippen LogP contribution in [0.15, 0.2) is 91.0 Å². The van der Waals surface area contributed by atoms with E-state index in [1.807, 2.05) is 12.1 Å². The van der Waals surface area contributed by atoms with Gasteiger partial charge in [-0.25, -0.2) is 0 Å². The molecule has 0 aliphatic carbocycles. The highest BCUT2D eigenvalue weighted by atomic mass is 31.0. The zero-order valence-corrected chi connectivity index (χ0v) is 19.0. The molecule has 0 saturated carbocycles. The van der Waals surface area contributed by atoms with Crippen molar-refractivity contribution in [1.82, 2.24) is 0 Å². The fourth-order valence-electron chi connectivity index (χ4n) is 4.63. The van der Waals surface area contributed by atoms with Gasteiger partial charge in [0, 0.05) is 0 Å².